The standard InChI is InChI=1S/C11H17NOS/c1-4-12(7-9(2)3)11-6-5-10(8-13)14-11/h5-6,8-9H,4,7H2,1-3H3. The molecule has 0 spiro atoms. The number of rotatable bonds is 5. The summed E-state index contributed by atoms with van der Waals surface area (Å²) >= 11 is 1.57. The Bertz CT molecular complexity index is 293. The molecular weight excluding hydrogens is 194 g/mol. The molecule has 3 heteroatoms. The van der Waals surface area contributed by atoms with Gasteiger partial charge in [-0.3, -0.25) is 4.79 Å². The molecule has 0 aromatic carbocycles. The van der Waals surface area contributed by atoms with E-state index in [4.69, 9.17) is 0 Å². The number of carbonyl (C=O) groups is 1. The van der Waals surface area contributed by atoms with Crippen molar-refractivity contribution in [2.24, 2.45) is 5.92 Å². The summed E-state index contributed by atoms with van der Waals surface area (Å²) in [6, 6.07) is 3.91. The lowest BCUT2D eigenvalue weighted by Gasteiger charge is -2.22. The Labute approximate surface area is 89.5 Å². The molecule has 0 aliphatic heterocycles. The third kappa shape index (κ3) is 2.84. The van der Waals surface area contributed by atoms with Crippen LogP contribution in [0.1, 0.15) is 30.4 Å². The number of thiophene rings is 1. The summed E-state index contributed by atoms with van der Waals surface area (Å²) < 4.78 is 0. The predicted octanol–water partition coefficient (Wildman–Crippen LogP) is 3.04. The van der Waals surface area contributed by atoms with Gasteiger partial charge in [-0.25, -0.2) is 0 Å². The highest BCUT2D eigenvalue weighted by atomic mass is 32.1. The van der Waals surface area contributed by atoms with Gasteiger partial charge in [0.15, 0.2) is 6.29 Å². The van der Waals surface area contributed by atoms with E-state index in [1.54, 1.807) is 11.3 Å². The minimum atomic E-state index is 0.650. The number of carbonyl (C=O) groups excluding carboxylic acids is 1. The Kier molecular flexibility index (Phi) is 4.14. The molecule has 1 heterocycles. The van der Waals surface area contributed by atoms with Gasteiger partial charge in [0.2, 0.25) is 0 Å². The molecule has 0 N–H and O–H groups in total. The molecule has 0 aliphatic rings. The fraction of sp³-hybridized carbons (Fsp3) is 0.545. The highest BCUT2D eigenvalue weighted by Gasteiger charge is 2.08. The van der Waals surface area contributed by atoms with Gasteiger partial charge in [0.25, 0.3) is 0 Å². The van der Waals surface area contributed by atoms with Gasteiger partial charge in [-0.2, -0.15) is 0 Å². The molecule has 0 saturated carbocycles. The van der Waals surface area contributed by atoms with E-state index < -0.39 is 0 Å². The van der Waals surface area contributed by atoms with E-state index in [-0.39, 0.29) is 0 Å². The van der Waals surface area contributed by atoms with E-state index in [0.717, 1.165) is 24.3 Å². The first kappa shape index (κ1) is 11.2. The van der Waals surface area contributed by atoms with Crippen molar-refractivity contribution in [2.75, 3.05) is 18.0 Å². The molecule has 0 aliphatic carbocycles. The van der Waals surface area contributed by atoms with Gasteiger partial charge in [0, 0.05) is 13.1 Å². The molecule has 0 radical (unpaired) electrons. The first-order valence-electron chi connectivity index (χ1n) is 4.97. The summed E-state index contributed by atoms with van der Waals surface area (Å²) in [7, 11) is 0. The Morgan fingerprint density at radius 2 is 2.21 bits per heavy atom. The summed E-state index contributed by atoms with van der Waals surface area (Å²) in [4.78, 5) is 13.7. The van der Waals surface area contributed by atoms with Crippen LogP contribution in [-0.2, 0) is 0 Å². The lowest BCUT2D eigenvalue weighted by Crippen LogP contribution is -2.26. The zero-order valence-electron chi connectivity index (χ0n) is 8.99. The molecule has 14 heavy (non-hydrogen) atoms. The largest absolute Gasteiger partial charge is 0.363 e. The van der Waals surface area contributed by atoms with Gasteiger partial charge in [-0.1, -0.05) is 13.8 Å². The van der Waals surface area contributed by atoms with Gasteiger partial charge >= 0.3 is 0 Å². The summed E-state index contributed by atoms with van der Waals surface area (Å²) in [6.07, 6.45) is 0.914. The Morgan fingerprint density at radius 1 is 1.50 bits per heavy atom. The minimum Gasteiger partial charge on any atom is -0.363 e. The Hall–Kier alpha value is -0.830. The quantitative estimate of drug-likeness (QED) is 0.698. The maximum Gasteiger partial charge on any atom is 0.160 e. The van der Waals surface area contributed by atoms with E-state index in [1.807, 2.05) is 12.1 Å². The van der Waals surface area contributed by atoms with Crippen LogP contribution in [0, 0.1) is 5.92 Å². The Balaban J connectivity index is 2.73. The molecule has 0 amide bonds. The molecule has 0 fully saturated rings. The maximum atomic E-state index is 10.5. The molecule has 0 atom stereocenters. The van der Waals surface area contributed by atoms with Crippen LogP contribution in [0.4, 0.5) is 5.00 Å². The van der Waals surface area contributed by atoms with Gasteiger partial charge in [-0.15, -0.1) is 11.3 Å². The van der Waals surface area contributed by atoms with Crippen LogP contribution in [0.2, 0.25) is 0 Å². The summed E-state index contributed by atoms with van der Waals surface area (Å²) in [5.41, 5.74) is 0. The predicted molar refractivity (Wildman–Crippen MR) is 62.4 cm³/mol. The van der Waals surface area contributed by atoms with Crippen molar-refractivity contribution in [1.82, 2.24) is 0 Å². The van der Waals surface area contributed by atoms with Crippen molar-refractivity contribution in [3.8, 4) is 0 Å². The second-order valence-electron chi connectivity index (χ2n) is 3.73. The molecule has 1 aromatic heterocycles. The van der Waals surface area contributed by atoms with Gasteiger partial charge in [-0.05, 0) is 25.0 Å². The van der Waals surface area contributed by atoms with E-state index in [0.29, 0.717) is 5.92 Å². The SMILES string of the molecule is CCN(CC(C)C)c1ccc(C=O)s1. The minimum absolute atomic E-state index is 0.650. The first-order chi connectivity index (χ1) is 6.67. The molecular formula is C11H17NOS. The third-order valence-corrected chi connectivity index (χ3v) is 3.08. The zero-order valence-corrected chi connectivity index (χ0v) is 9.80. The Morgan fingerprint density at radius 3 is 2.64 bits per heavy atom. The maximum absolute atomic E-state index is 10.5. The number of anilines is 1. The molecule has 78 valence electrons. The average Bonchev–Trinajstić information content (AvgIpc) is 2.62. The van der Waals surface area contributed by atoms with Crippen molar-refractivity contribution >= 4 is 22.6 Å². The molecule has 0 bridgehead atoms. The number of aldehydes is 1. The van der Waals surface area contributed by atoms with Crippen molar-refractivity contribution in [3.05, 3.63) is 17.0 Å². The molecule has 1 aromatic rings. The van der Waals surface area contributed by atoms with Crippen LogP contribution in [0.15, 0.2) is 12.1 Å². The topological polar surface area (TPSA) is 20.3 Å². The van der Waals surface area contributed by atoms with Crippen LogP contribution < -0.4 is 4.90 Å². The highest BCUT2D eigenvalue weighted by molar-refractivity contribution is 7.17. The van der Waals surface area contributed by atoms with E-state index in [1.165, 1.54) is 5.00 Å². The molecule has 0 unspecified atom stereocenters. The average molecular weight is 211 g/mol. The number of hydrogen-bond donors (Lipinski definition) is 0. The van der Waals surface area contributed by atoms with Crippen molar-refractivity contribution < 1.29 is 4.79 Å². The smallest absolute Gasteiger partial charge is 0.160 e. The van der Waals surface area contributed by atoms with E-state index in [2.05, 4.69) is 25.7 Å². The van der Waals surface area contributed by atoms with Crippen LogP contribution >= 0.6 is 11.3 Å². The fourth-order valence-electron chi connectivity index (χ4n) is 1.39. The van der Waals surface area contributed by atoms with Crippen LogP contribution in [0.5, 0.6) is 0 Å². The monoisotopic (exact) mass is 211 g/mol. The second-order valence-corrected chi connectivity index (χ2v) is 4.82. The van der Waals surface area contributed by atoms with Crippen LogP contribution in [0.3, 0.4) is 0 Å². The van der Waals surface area contributed by atoms with Gasteiger partial charge < -0.3 is 4.90 Å². The summed E-state index contributed by atoms with van der Waals surface area (Å²) in [5, 5.41) is 1.20. The third-order valence-electron chi connectivity index (χ3n) is 2.01. The van der Waals surface area contributed by atoms with Gasteiger partial charge in [0.1, 0.15) is 0 Å². The molecule has 0 saturated heterocycles. The van der Waals surface area contributed by atoms with Crippen molar-refractivity contribution in [1.29, 1.82) is 0 Å². The zero-order chi connectivity index (χ0) is 10.6. The number of nitrogens with zero attached hydrogens (tertiary/aromatic N) is 1. The van der Waals surface area contributed by atoms with Gasteiger partial charge in [0.05, 0.1) is 9.88 Å². The lowest BCUT2D eigenvalue weighted by atomic mass is 10.2. The molecule has 2 nitrogen and oxygen atoms in total. The first-order valence-corrected chi connectivity index (χ1v) is 5.79. The molecule has 1 rings (SSSR count). The normalized spacial score (nSPS) is 10.6. The fourth-order valence-corrected chi connectivity index (χ4v) is 2.29. The van der Waals surface area contributed by atoms with Crippen molar-refractivity contribution in [2.45, 2.75) is 20.8 Å². The van der Waals surface area contributed by atoms with Crippen molar-refractivity contribution in [3.63, 3.8) is 0 Å². The lowest BCUT2D eigenvalue weighted by molar-refractivity contribution is 0.112. The number of hydrogen-bond acceptors (Lipinski definition) is 3. The second kappa shape index (κ2) is 5.15. The van der Waals surface area contributed by atoms with E-state index >= 15 is 0 Å². The van der Waals surface area contributed by atoms with E-state index in [9.17, 15) is 4.79 Å². The van der Waals surface area contributed by atoms with Crippen LogP contribution in [-0.4, -0.2) is 19.4 Å². The summed E-state index contributed by atoms with van der Waals surface area (Å²) in [5.74, 6) is 0.650. The summed E-state index contributed by atoms with van der Waals surface area (Å²) in [6.45, 7) is 8.60. The highest BCUT2D eigenvalue weighted by Crippen LogP contribution is 2.25. The van der Waals surface area contributed by atoms with Crippen LogP contribution in [0.25, 0.3) is 0 Å².